The van der Waals surface area contributed by atoms with Gasteiger partial charge in [-0.1, -0.05) is 0 Å². The van der Waals surface area contributed by atoms with Crippen LogP contribution < -0.4 is 0 Å². The van der Waals surface area contributed by atoms with Crippen LogP contribution >= 0.6 is 0 Å². The Morgan fingerprint density at radius 1 is 1.50 bits per heavy atom. The van der Waals surface area contributed by atoms with E-state index in [2.05, 4.69) is 11.1 Å². The van der Waals surface area contributed by atoms with Crippen molar-refractivity contribution in [1.82, 2.24) is 4.98 Å². The summed E-state index contributed by atoms with van der Waals surface area (Å²) in [5, 5.41) is 8.65. The first-order valence-corrected chi connectivity index (χ1v) is 3.55. The normalized spacial score (nSPS) is 10.0. The van der Waals surface area contributed by atoms with Crippen LogP contribution in [-0.4, -0.2) is 4.98 Å². The van der Waals surface area contributed by atoms with E-state index in [1.165, 1.54) is 6.39 Å². The van der Waals surface area contributed by atoms with E-state index in [1.807, 2.05) is 6.92 Å². The molecule has 0 bridgehead atoms. The first-order valence-electron chi connectivity index (χ1n) is 3.55. The van der Waals surface area contributed by atoms with Crippen LogP contribution in [0, 0.1) is 18.3 Å². The topological polar surface area (TPSA) is 49.8 Å². The summed E-state index contributed by atoms with van der Waals surface area (Å²) in [6.45, 7) is 1.90. The molecule has 2 rings (SSSR count). The summed E-state index contributed by atoms with van der Waals surface area (Å²) in [6, 6.07) is 5.57. The smallest absolute Gasteiger partial charge is 0.181 e. The summed E-state index contributed by atoms with van der Waals surface area (Å²) < 4.78 is 5.13. The molecule has 3 heteroatoms. The quantitative estimate of drug-likeness (QED) is 0.589. The average molecular weight is 158 g/mol. The first-order chi connectivity index (χ1) is 5.81. The molecule has 0 atom stereocenters. The highest BCUT2D eigenvalue weighted by Crippen LogP contribution is 2.18. The predicted molar refractivity (Wildman–Crippen MR) is 43.5 cm³/mol. The Hall–Kier alpha value is -1.82. The fourth-order valence-electron chi connectivity index (χ4n) is 1.20. The predicted octanol–water partition coefficient (Wildman–Crippen LogP) is 2.01. The number of rotatable bonds is 0. The molecule has 2 aromatic rings. The van der Waals surface area contributed by atoms with Crippen molar-refractivity contribution in [2.24, 2.45) is 0 Å². The van der Waals surface area contributed by atoms with Crippen molar-refractivity contribution in [2.75, 3.05) is 0 Å². The van der Waals surface area contributed by atoms with Crippen molar-refractivity contribution >= 4 is 11.1 Å². The van der Waals surface area contributed by atoms with Crippen LogP contribution in [0.5, 0.6) is 0 Å². The Morgan fingerprint density at radius 2 is 2.33 bits per heavy atom. The number of oxazole rings is 1. The Bertz CT molecular complexity index is 465. The van der Waals surface area contributed by atoms with E-state index in [-0.39, 0.29) is 0 Å². The van der Waals surface area contributed by atoms with Crippen molar-refractivity contribution in [1.29, 1.82) is 5.26 Å². The van der Waals surface area contributed by atoms with Gasteiger partial charge in [0.15, 0.2) is 12.0 Å². The maximum Gasteiger partial charge on any atom is 0.181 e. The Kier molecular flexibility index (Phi) is 1.34. The lowest BCUT2D eigenvalue weighted by atomic mass is 10.1. The molecule has 1 aromatic heterocycles. The molecule has 0 aliphatic rings. The number of benzene rings is 1. The van der Waals surface area contributed by atoms with Crippen molar-refractivity contribution in [3.05, 3.63) is 29.7 Å². The van der Waals surface area contributed by atoms with E-state index in [1.54, 1.807) is 12.1 Å². The molecule has 0 radical (unpaired) electrons. The van der Waals surface area contributed by atoms with E-state index >= 15 is 0 Å². The molecule has 1 heterocycles. The van der Waals surface area contributed by atoms with E-state index in [4.69, 9.17) is 9.68 Å². The monoisotopic (exact) mass is 158 g/mol. The van der Waals surface area contributed by atoms with E-state index in [9.17, 15) is 0 Å². The van der Waals surface area contributed by atoms with Gasteiger partial charge in [0, 0.05) is 0 Å². The van der Waals surface area contributed by atoms with E-state index in [0.29, 0.717) is 5.56 Å². The lowest BCUT2D eigenvalue weighted by Crippen LogP contribution is -1.79. The number of hydrogen-bond donors (Lipinski definition) is 0. The molecule has 12 heavy (non-hydrogen) atoms. The highest BCUT2D eigenvalue weighted by Gasteiger charge is 2.03. The van der Waals surface area contributed by atoms with Crippen molar-refractivity contribution < 1.29 is 4.42 Å². The third-order valence-electron chi connectivity index (χ3n) is 1.75. The van der Waals surface area contributed by atoms with Crippen LogP contribution in [0.25, 0.3) is 11.1 Å². The molecule has 0 N–H and O–H groups in total. The molecule has 3 nitrogen and oxygen atoms in total. The zero-order valence-electron chi connectivity index (χ0n) is 6.53. The number of aryl methyl sites for hydroxylation is 1. The maximum atomic E-state index is 8.65. The summed E-state index contributed by atoms with van der Waals surface area (Å²) >= 11 is 0. The third kappa shape index (κ3) is 0.857. The molecule has 0 unspecified atom stereocenters. The number of hydrogen-bond acceptors (Lipinski definition) is 3. The summed E-state index contributed by atoms with van der Waals surface area (Å²) in [5.74, 6) is 0. The fourth-order valence-corrected chi connectivity index (χ4v) is 1.20. The molecule has 0 saturated carbocycles. The van der Waals surface area contributed by atoms with Gasteiger partial charge in [-0.3, -0.25) is 0 Å². The largest absolute Gasteiger partial charge is 0.443 e. The van der Waals surface area contributed by atoms with Gasteiger partial charge in [0.25, 0.3) is 0 Å². The lowest BCUT2D eigenvalue weighted by molar-refractivity contribution is 0.600. The van der Waals surface area contributed by atoms with Crippen LogP contribution in [0.15, 0.2) is 22.9 Å². The summed E-state index contributed by atoms with van der Waals surface area (Å²) in [4.78, 5) is 3.97. The van der Waals surface area contributed by atoms with Crippen molar-refractivity contribution in [2.45, 2.75) is 6.92 Å². The minimum Gasteiger partial charge on any atom is -0.443 e. The Balaban J connectivity index is 2.86. The molecule has 0 saturated heterocycles. The summed E-state index contributed by atoms with van der Waals surface area (Å²) in [5.41, 5.74) is 3.07. The van der Waals surface area contributed by atoms with Gasteiger partial charge in [0.2, 0.25) is 0 Å². The van der Waals surface area contributed by atoms with Gasteiger partial charge in [0.05, 0.1) is 11.6 Å². The fraction of sp³-hybridized carbons (Fsp3) is 0.111. The van der Waals surface area contributed by atoms with Gasteiger partial charge in [0.1, 0.15) is 5.52 Å². The van der Waals surface area contributed by atoms with Gasteiger partial charge in [-0.15, -0.1) is 0 Å². The minimum absolute atomic E-state index is 0.619. The molecule has 0 fully saturated rings. The minimum atomic E-state index is 0.619. The van der Waals surface area contributed by atoms with Gasteiger partial charge in [-0.05, 0) is 24.6 Å². The number of nitriles is 1. The van der Waals surface area contributed by atoms with Crippen LogP contribution in [0.2, 0.25) is 0 Å². The van der Waals surface area contributed by atoms with Crippen LogP contribution in [0.4, 0.5) is 0 Å². The van der Waals surface area contributed by atoms with Gasteiger partial charge in [-0.25, -0.2) is 4.98 Å². The highest BCUT2D eigenvalue weighted by molar-refractivity contribution is 5.77. The molecule has 0 amide bonds. The zero-order valence-corrected chi connectivity index (χ0v) is 6.53. The van der Waals surface area contributed by atoms with Gasteiger partial charge in [-0.2, -0.15) is 5.26 Å². The second-order valence-corrected chi connectivity index (χ2v) is 2.61. The van der Waals surface area contributed by atoms with Crippen LogP contribution in [0.3, 0.4) is 0 Å². The zero-order chi connectivity index (χ0) is 8.55. The van der Waals surface area contributed by atoms with E-state index in [0.717, 1.165) is 16.7 Å². The SMILES string of the molecule is Cc1cc(C#N)cc2ncoc12. The highest BCUT2D eigenvalue weighted by atomic mass is 16.3. The molecule has 0 spiro atoms. The summed E-state index contributed by atoms with van der Waals surface area (Å²) in [6.07, 6.45) is 1.39. The standard InChI is InChI=1S/C9H6N2O/c1-6-2-7(4-10)3-8-9(6)12-5-11-8/h2-3,5H,1H3. The van der Waals surface area contributed by atoms with Crippen LogP contribution in [-0.2, 0) is 0 Å². The number of aromatic nitrogens is 1. The Morgan fingerprint density at radius 3 is 3.08 bits per heavy atom. The van der Waals surface area contributed by atoms with E-state index < -0.39 is 0 Å². The molecule has 0 aliphatic carbocycles. The van der Waals surface area contributed by atoms with Gasteiger partial charge < -0.3 is 4.42 Å². The Labute approximate surface area is 69.2 Å². The number of nitrogens with zero attached hydrogens (tertiary/aromatic N) is 2. The second kappa shape index (κ2) is 2.35. The third-order valence-corrected chi connectivity index (χ3v) is 1.75. The number of fused-ring (bicyclic) bond motifs is 1. The van der Waals surface area contributed by atoms with Crippen molar-refractivity contribution in [3.63, 3.8) is 0 Å². The molecular formula is C9H6N2O. The first kappa shape index (κ1) is 6.86. The average Bonchev–Trinajstić information content (AvgIpc) is 2.52. The summed E-state index contributed by atoms with van der Waals surface area (Å²) in [7, 11) is 0. The maximum absolute atomic E-state index is 8.65. The van der Waals surface area contributed by atoms with Crippen molar-refractivity contribution in [3.8, 4) is 6.07 Å². The second-order valence-electron chi connectivity index (χ2n) is 2.61. The molecule has 1 aromatic carbocycles. The van der Waals surface area contributed by atoms with Gasteiger partial charge >= 0.3 is 0 Å². The molecule has 58 valence electrons. The lowest BCUT2D eigenvalue weighted by Gasteiger charge is -1.93. The molecular weight excluding hydrogens is 152 g/mol. The molecule has 0 aliphatic heterocycles. The van der Waals surface area contributed by atoms with Crippen LogP contribution in [0.1, 0.15) is 11.1 Å².